The van der Waals surface area contributed by atoms with E-state index < -0.39 is 0 Å². The van der Waals surface area contributed by atoms with Gasteiger partial charge >= 0.3 is 0 Å². The van der Waals surface area contributed by atoms with Gasteiger partial charge in [0.15, 0.2) is 0 Å². The summed E-state index contributed by atoms with van der Waals surface area (Å²) in [6.45, 7) is 4.89. The van der Waals surface area contributed by atoms with Crippen molar-refractivity contribution in [2.75, 3.05) is 11.9 Å². The molecular weight excluding hydrogens is 314 g/mol. The molecule has 0 saturated carbocycles. The molecule has 0 aliphatic rings. The van der Waals surface area contributed by atoms with Gasteiger partial charge in [0.1, 0.15) is 4.88 Å². The lowest BCUT2D eigenvalue weighted by Gasteiger charge is -2.15. The SMILES string of the molecule is CCCC(CCBr)CNC(=O)c1snnc1CC. The third-order valence-electron chi connectivity index (χ3n) is 2.86. The van der Waals surface area contributed by atoms with Gasteiger partial charge in [-0.25, -0.2) is 0 Å². The average molecular weight is 334 g/mol. The number of nitrogens with zero attached hydrogens (tertiary/aromatic N) is 2. The van der Waals surface area contributed by atoms with Crippen molar-refractivity contribution in [1.82, 2.24) is 14.9 Å². The summed E-state index contributed by atoms with van der Waals surface area (Å²) >= 11 is 4.64. The van der Waals surface area contributed by atoms with Gasteiger partial charge in [-0.1, -0.05) is 40.7 Å². The summed E-state index contributed by atoms with van der Waals surface area (Å²) in [6, 6.07) is 0. The minimum Gasteiger partial charge on any atom is -0.351 e. The van der Waals surface area contributed by atoms with Crippen LogP contribution in [-0.4, -0.2) is 27.4 Å². The number of hydrogen-bond acceptors (Lipinski definition) is 4. The number of amides is 1. The van der Waals surface area contributed by atoms with E-state index in [-0.39, 0.29) is 5.91 Å². The molecule has 1 atom stereocenters. The molecule has 1 heterocycles. The van der Waals surface area contributed by atoms with Crippen LogP contribution in [0.25, 0.3) is 0 Å². The van der Waals surface area contributed by atoms with Gasteiger partial charge in [0.05, 0.1) is 5.69 Å². The summed E-state index contributed by atoms with van der Waals surface area (Å²) in [5.74, 6) is 0.516. The van der Waals surface area contributed by atoms with E-state index in [2.05, 4.69) is 37.8 Å². The summed E-state index contributed by atoms with van der Waals surface area (Å²) in [4.78, 5) is 12.7. The second-order valence-corrected chi connectivity index (χ2v) is 5.79. The fourth-order valence-corrected chi connectivity index (χ4v) is 3.15. The fourth-order valence-electron chi connectivity index (χ4n) is 1.84. The Morgan fingerprint density at radius 3 is 2.83 bits per heavy atom. The Morgan fingerprint density at radius 2 is 2.22 bits per heavy atom. The maximum Gasteiger partial charge on any atom is 0.264 e. The van der Waals surface area contributed by atoms with Crippen molar-refractivity contribution in [1.29, 1.82) is 0 Å². The lowest BCUT2D eigenvalue weighted by atomic mass is 10.0. The quantitative estimate of drug-likeness (QED) is 0.744. The number of rotatable bonds is 8. The molecule has 1 rings (SSSR count). The summed E-state index contributed by atoms with van der Waals surface area (Å²) in [6.07, 6.45) is 4.14. The van der Waals surface area contributed by atoms with E-state index in [0.29, 0.717) is 10.8 Å². The molecule has 6 heteroatoms. The van der Waals surface area contributed by atoms with E-state index in [1.165, 1.54) is 11.5 Å². The Morgan fingerprint density at radius 1 is 1.44 bits per heavy atom. The highest BCUT2D eigenvalue weighted by Gasteiger charge is 2.16. The van der Waals surface area contributed by atoms with Gasteiger partial charge in [-0.2, -0.15) is 0 Å². The van der Waals surface area contributed by atoms with Crippen LogP contribution in [0.2, 0.25) is 0 Å². The summed E-state index contributed by atoms with van der Waals surface area (Å²) in [7, 11) is 0. The van der Waals surface area contributed by atoms with Crippen LogP contribution in [-0.2, 0) is 6.42 Å². The van der Waals surface area contributed by atoms with Crippen molar-refractivity contribution in [2.24, 2.45) is 5.92 Å². The van der Waals surface area contributed by atoms with Crippen molar-refractivity contribution in [3.8, 4) is 0 Å². The number of carbonyl (C=O) groups is 1. The highest BCUT2D eigenvalue weighted by molar-refractivity contribution is 9.09. The first kappa shape index (κ1) is 15.6. The van der Waals surface area contributed by atoms with Gasteiger partial charge in [0.25, 0.3) is 5.91 Å². The van der Waals surface area contributed by atoms with Crippen LogP contribution in [0.15, 0.2) is 0 Å². The lowest BCUT2D eigenvalue weighted by molar-refractivity contribution is 0.0949. The van der Waals surface area contributed by atoms with Crippen LogP contribution < -0.4 is 5.32 Å². The van der Waals surface area contributed by atoms with E-state index >= 15 is 0 Å². The first-order valence-corrected chi connectivity index (χ1v) is 8.27. The van der Waals surface area contributed by atoms with Crippen molar-refractivity contribution in [3.05, 3.63) is 10.6 Å². The zero-order chi connectivity index (χ0) is 13.4. The van der Waals surface area contributed by atoms with E-state index in [0.717, 1.165) is 43.3 Å². The molecule has 0 aliphatic carbocycles. The highest BCUT2D eigenvalue weighted by atomic mass is 79.9. The lowest BCUT2D eigenvalue weighted by Crippen LogP contribution is -2.29. The molecule has 0 fully saturated rings. The Hall–Kier alpha value is -0.490. The largest absolute Gasteiger partial charge is 0.351 e. The highest BCUT2D eigenvalue weighted by Crippen LogP contribution is 2.14. The molecule has 0 saturated heterocycles. The number of aryl methyl sites for hydroxylation is 1. The number of carbonyl (C=O) groups excluding carboxylic acids is 1. The van der Waals surface area contributed by atoms with Gasteiger partial charge in [-0.3, -0.25) is 4.79 Å². The Bertz CT molecular complexity index is 364. The van der Waals surface area contributed by atoms with Gasteiger partial charge in [0, 0.05) is 11.9 Å². The van der Waals surface area contributed by atoms with Gasteiger partial charge < -0.3 is 5.32 Å². The molecule has 0 spiro atoms. The molecule has 0 aliphatic heterocycles. The fraction of sp³-hybridized carbons (Fsp3) is 0.750. The first-order valence-electron chi connectivity index (χ1n) is 6.38. The zero-order valence-electron chi connectivity index (χ0n) is 10.9. The molecule has 1 unspecified atom stereocenters. The molecule has 1 amide bonds. The Balaban J connectivity index is 2.49. The van der Waals surface area contributed by atoms with Crippen LogP contribution in [0.4, 0.5) is 0 Å². The van der Waals surface area contributed by atoms with E-state index in [1.54, 1.807) is 0 Å². The van der Waals surface area contributed by atoms with Crippen LogP contribution >= 0.6 is 27.5 Å². The second-order valence-electron chi connectivity index (χ2n) is 4.24. The molecule has 18 heavy (non-hydrogen) atoms. The van der Waals surface area contributed by atoms with E-state index in [9.17, 15) is 4.79 Å². The van der Waals surface area contributed by atoms with Gasteiger partial charge in [-0.05, 0) is 36.7 Å². The molecule has 4 nitrogen and oxygen atoms in total. The van der Waals surface area contributed by atoms with E-state index in [1.807, 2.05) is 6.92 Å². The zero-order valence-corrected chi connectivity index (χ0v) is 13.3. The van der Waals surface area contributed by atoms with Crippen LogP contribution in [0, 0.1) is 5.92 Å². The summed E-state index contributed by atoms with van der Waals surface area (Å²) in [5, 5.41) is 7.94. The predicted molar refractivity (Wildman–Crippen MR) is 78.4 cm³/mol. The minimum atomic E-state index is -0.0301. The maximum absolute atomic E-state index is 12.0. The molecule has 0 bridgehead atoms. The third-order valence-corrected chi connectivity index (χ3v) is 4.09. The minimum absolute atomic E-state index is 0.0301. The topological polar surface area (TPSA) is 54.9 Å². The molecule has 0 radical (unpaired) electrons. The average Bonchev–Trinajstić information content (AvgIpc) is 2.84. The van der Waals surface area contributed by atoms with Crippen molar-refractivity contribution < 1.29 is 4.79 Å². The maximum atomic E-state index is 12.0. The number of hydrogen-bond donors (Lipinski definition) is 1. The van der Waals surface area contributed by atoms with Crippen molar-refractivity contribution in [3.63, 3.8) is 0 Å². The van der Waals surface area contributed by atoms with Crippen LogP contribution in [0.3, 0.4) is 0 Å². The molecule has 0 aromatic carbocycles. The van der Waals surface area contributed by atoms with Crippen LogP contribution in [0.1, 0.15) is 48.5 Å². The summed E-state index contributed by atoms with van der Waals surface area (Å²) in [5.41, 5.74) is 0.796. The first-order chi connectivity index (χ1) is 8.72. The number of halogens is 1. The molecule has 1 N–H and O–H groups in total. The monoisotopic (exact) mass is 333 g/mol. The number of alkyl halides is 1. The summed E-state index contributed by atoms with van der Waals surface area (Å²) < 4.78 is 3.84. The third kappa shape index (κ3) is 4.65. The normalized spacial score (nSPS) is 12.4. The Labute approximate surface area is 121 Å². The van der Waals surface area contributed by atoms with Crippen molar-refractivity contribution in [2.45, 2.75) is 39.5 Å². The van der Waals surface area contributed by atoms with Crippen LogP contribution in [0.5, 0.6) is 0 Å². The number of aromatic nitrogens is 2. The van der Waals surface area contributed by atoms with E-state index in [4.69, 9.17) is 0 Å². The number of nitrogens with one attached hydrogen (secondary N) is 1. The van der Waals surface area contributed by atoms with Gasteiger partial charge in [-0.15, -0.1) is 5.10 Å². The molecular formula is C12H20BrN3OS. The molecule has 1 aromatic rings. The van der Waals surface area contributed by atoms with Gasteiger partial charge in [0.2, 0.25) is 0 Å². The smallest absolute Gasteiger partial charge is 0.264 e. The standard InChI is InChI=1S/C12H20BrN3OS/c1-3-5-9(6-7-13)8-14-12(17)11-10(4-2)15-16-18-11/h9H,3-8H2,1-2H3,(H,14,17). The second kappa shape index (κ2) is 8.58. The Kier molecular flexibility index (Phi) is 7.42. The van der Waals surface area contributed by atoms with Crippen molar-refractivity contribution >= 4 is 33.4 Å². The molecule has 102 valence electrons. The molecule has 1 aromatic heterocycles. The predicted octanol–water partition coefficient (Wildman–Crippen LogP) is 3.03.